The molecule has 1 saturated carbocycles. The minimum absolute atomic E-state index is 0.0280. The van der Waals surface area contributed by atoms with E-state index in [2.05, 4.69) is 11.0 Å². The molecule has 222 valence electrons. The number of amides is 1. The van der Waals surface area contributed by atoms with Crippen molar-refractivity contribution in [2.24, 2.45) is 0 Å². The van der Waals surface area contributed by atoms with Crippen molar-refractivity contribution in [1.29, 1.82) is 5.26 Å². The van der Waals surface area contributed by atoms with E-state index in [0.717, 1.165) is 29.6 Å². The number of nitriles is 1. The molecular formula is C32H33FN6O3S. The van der Waals surface area contributed by atoms with Crippen molar-refractivity contribution in [1.82, 2.24) is 14.5 Å². The number of halogens is 1. The van der Waals surface area contributed by atoms with E-state index in [1.54, 1.807) is 17.0 Å². The molecule has 1 saturated heterocycles. The first-order chi connectivity index (χ1) is 20.5. The molecule has 11 heteroatoms. The quantitative estimate of drug-likeness (QED) is 0.266. The van der Waals surface area contributed by atoms with E-state index in [9.17, 15) is 19.2 Å². The third-order valence-corrected chi connectivity index (χ3v) is 8.76. The largest absolute Gasteiger partial charge is 0.444 e. The standard InChI is InChI=1S/C32H33FN6O3S/c1-32(2,3)42-31(41)38-15-13-37(14-16-38)23-11-12-24-25(17-23)26(19-39(29(24)40)22-9-10-22)36(4)30-35-28(27(18-34)43-30)20-5-7-21(33)8-6-20/h5-8,11-12,17,19,22H,9-10,13-16H2,1-4H3. The van der Waals surface area contributed by atoms with Crippen LogP contribution in [0.5, 0.6) is 0 Å². The lowest BCUT2D eigenvalue weighted by atomic mass is 10.1. The molecule has 43 heavy (non-hydrogen) atoms. The summed E-state index contributed by atoms with van der Waals surface area (Å²) in [6, 6.07) is 14.2. The fourth-order valence-electron chi connectivity index (χ4n) is 5.33. The van der Waals surface area contributed by atoms with Gasteiger partial charge in [-0.3, -0.25) is 4.79 Å². The lowest BCUT2D eigenvalue weighted by molar-refractivity contribution is 0.0240. The summed E-state index contributed by atoms with van der Waals surface area (Å²) < 4.78 is 20.9. The van der Waals surface area contributed by atoms with Crippen LogP contribution in [-0.2, 0) is 4.74 Å². The van der Waals surface area contributed by atoms with Crippen LogP contribution in [0.3, 0.4) is 0 Å². The Bertz CT molecular complexity index is 1790. The van der Waals surface area contributed by atoms with Gasteiger partial charge in [0.15, 0.2) is 5.13 Å². The molecule has 1 amide bonds. The molecule has 0 atom stereocenters. The Morgan fingerprint density at radius 2 is 1.79 bits per heavy atom. The van der Waals surface area contributed by atoms with Gasteiger partial charge in [-0.15, -0.1) is 0 Å². The van der Waals surface area contributed by atoms with E-state index in [1.165, 1.54) is 23.5 Å². The summed E-state index contributed by atoms with van der Waals surface area (Å²) in [4.78, 5) is 37.2. The molecule has 9 nitrogen and oxygen atoms in total. The van der Waals surface area contributed by atoms with Crippen LogP contribution in [0.2, 0.25) is 0 Å². The highest BCUT2D eigenvalue weighted by molar-refractivity contribution is 7.16. The summed E-state index contributed by atoms with van der Waals surface area (Å²) in [6.07, 6.45) is 3.51. The Balaban J connectivity index is 1.35. The highest BCUT2D eigenvalue weighted by Crippen LogP contribution is 2.40. The van der Waals surface area contributed by atoms with Gasteiger partial charge in [0.2, 0.25) is 0 Å². The molecule has 0 radical (unpaired) electrons. The van der Waals surface area contributed by atoms with Gasteiger partial charge in [-0.05, 0) is 76.1 Å². The van der Waals surface area contributed by atoms with E-state index in [1.807, 2.05) is 61.7 Å². The average Bonchev–Trinajstić information content (AvgIpc) is 3.74. The number of piperazine rings is 1. The minimum Gasteiger partial charge on any atom is -0.444 e. The second-order valence-electron chi connectivity index (χ2n) is 12.0. The van der Waals surface area contributed by atoms with Gasteiger partial charge in [0.25, 0.3) is 5.56 Å². The van der Waals surface area contributed by atoms with Crippen molar-refractivity contribution in [2.45, 2.75) is 45.3 Å². The molecule has 2 aromatic carbocycles. The molecule has 0 spiro atoms. The lowest BCUT2D eigenvalue weighted by Gasteiger charge is -2.37. The number of hydrogen-bond acceptors (Lipinski definition) is 8. The normalized spacial score (nSPS) is 15.4. The maximum absolute atomic E-state index is 13.6. The second-order valence-corrected chi connectivity index (χ2v) is 13.0. The summed E-state index contributed by atoms with van der Waals surface area (Å²) in [5.41, 5.74) is 2.35. The summed E-state index contributed by atoms with van der Waals surface area (Å²) in [7, 11) is 1.89. The van der Waals surface area contributed by atoms with Crippen LogP contribution in [-0.4, -0.2) is 59.4 Å². The molecule has 0 unspecified atom stereocenters. The summed E-state index contributed by atoms with van der Waals surface area (Å²) >= 11 is 1.26. The number of carbonyl (C=O) groups is 1. The fraction of sp³-hybridized carbons (Fsp3) is 0.375. The summed E-state index contributed by atoms with van der Waals surface area (Å²) in [5, 5.41) is 11.9. The van der Waals surface area contributed by atoms with Crippen LogP contribution in [0, 0.1) is 17.1 Å². The number of anilines is 3. The van der Waals surface area contributed by atoms with Crippen molar-refractivity contribution in [2.75, 3.05) is 43.0 Å². The van der Waals surface area contributed by atoms with Crippen molar-refractivity contribution >= 4 is 44.7 Å². The van der Waals surface area contributed by atoms with E-state index in [0.29, 0.717) is 52.8 Å². The number of rotatable bonds is 5. The second kappa shape index (κ2) is 11.0. The van der Waals surface area contributed by atoms with E-state index >= 15 is 0 Å². The van der Waals surface area contributed by atoms with E-state index in [4.69, 9.17) is 9.72 Å². The topological polar surface area (TPSA) is 94.7 Å². The Labute approximate surface area is 253 Å². The van der Waals surface area contributed by atoms with Gasteiger partial charge in [0.1, 0.15) is 28.1 Å². The SMILES string of the molecule is CN(c1nc(-c2ccc(F)cc2)c(C#N)s1)c1cn(C2CC2)c(=O)c2ccc(N3CCN(C(=O)OC(C)(C)C)CC3)cc12. The molecular weight excluding hydrogens is 567 g/mol. The van der Waals surface area contributed by atoms with Crippen LogP contribution in [0.1, 0.15) is 44.5 Å². The molecule has 2 aliphatic rings. The Hall–Kier alpha value is -4.43. The Morgan fingerprint density at radius 1 is 1.09 bits per heavy atom. The predicted octanol–water partition coefficient (Wildman–Crippen LogP) is 6.30. The van der Waals surface area contributed by atoms with E-state index < -0.39 is 5.60 Å². The number of aromatic nitrogens is 2. The van der Waals surface area contributed by atoms with Crippen LogP contribution < -0.4 is 15.4 Å². The zero-order chi connectivity index (χ0) is 30.5. The number of hydrogen-bond donors (Lipinski definition) is 0. The van der Waals surface area contributed by atoms with Gasteiger partial charge < -0.3 is 24.0 Å². The lowest BCUT2D eigenvalue weighted by Crippen LogP contribution is -2.50. The number of ether oxygens (including phenoxy) is 1. The number of nitrogens with zero attached hydrogens (tertiary/aromatic N) is 6. The van der Waals surface area contributed by atoms with Crippen molar-refractivity contribution in [3.8, 4) is 17.3 Å². The van der Waals surface area contributed by atoms with Gasteiger partial charge in [-0.1, -0.05) is 11.3 Å². The molecule has 3 heterocycles. The molecule has 0 bridgehead atoms. The van der Waals surface area contributed by atoms with Gasteiger partial charge in [0.05, 0.1) is 5.69 Å². The first-order valence-corrected chi connectivity index (χ1v) is 15.2. The number of pyridine rings is 1. The van der Waals surface area contributed by atoms with Gasteiger partial charge >= 0.3 is 6.09 Å². The summed E-state index contributed by atoms with van der Waals surface area (Å²) in [5.74, 6) is -0.356. The first-order valence-electron chi connectivity index (χ1n) is 14.3. The van der Waals surface area contributed by atoms with Crippen molar-refractivity contribution < 1.29 is 13.9 Å². The molecule has 2 fully saturated rings. The highest BCUT2D eigenvalue weighted by atomic mass is 32.1. The van der Waals surface area contributed by atoms with Crippen LogP contribution >= 0.6 is 11.3 Å². The number of carbonyl (C=O) groups excluding carboxylic acids is 1. The van der Waals surface area contributed by atoms with Crippen LogP contribution in [0.15, 0.2) is 53.5 Å². The molecule has 1 aliphatic carbocycles. The van der Waals surface area contributed by atoms with E-state index in [-0.39, 0.29) is 23.5 Å². The Kier molecular flexibility index (Phi) is 7.34. The zero-order valence-electron chi connectivity index (χ0n) is 24.6. The number of benzene rings is 2. The van der Waals surface area contributed by atoms with Gasteiger partial charge in [-0.25, -0.2) is 14.2 Å². The molecule has 1 aliphatic heterocycles. The average molecular weight is 601 g/mol. The molecule has 0 N–H and O–H groups in total. The van der Waals surface area contributed by atoms with Crippen LogP contribution in [0.4, 0.5) is 25.7 Å². The molecule has 6 rings (SSSR count). The fourth-order valence-corrected chi connectivity index (χ4v) is 6.19. The Morgan fingerprint density at radius 3 is 2.42 bits per heavy atom. The maximum Gasteiger partial charge on any atom is 0.410 e. The smallest absolute Gasteiger partial charge is 0.410 e. The molecule has 2 aromatic heterocycles. The van der Waals surface area contributed by atoms with Gasteiger partial charge in [-0.2, -0.15) is 5.26 Å². The maximum atomic E-state index is 13.6. The molecule has 4 aromatic rings. The number of fused-ring (bicyclic) bond motifs is 1. The third kappa shape index (κ3) is 5.79. The summed E-state index contributed by atoms with van der Waals surface area (Å²) in [6.45, 7) is 7.91. The predicted molar refractivity (Wildman–Crippen MR) is 167 cm³/mol. The van der Waals surface area contributed by atoms with Crippen molar-refractivity contribution in [3.05, 3.63) is 69.7 Å². The van der Waals surface area contributed by atoms with Gasteiger partial charge in [0, 0.05) is 67.5 Å². The first kappa shape index (κ1) is 28.7. The zero-order valence-corrected chi connectivity index (χ0v) is 25.4. The minimum atomic E-state index is -0.548. The monoisotopic (exact) mass is 600 g/mol. The third-order valence-electron chi connectivity index (χ3n) is 7.73. The number of thiazole rings is 1. The highest BCUT2D eigenvalue weighted by Gasteiger charge is 2.29. The van der Waals surface area contributed by atoms with Crippen molar-refractivity contribution in [3.63, 3.8) is 0 Å². The van der Waals surface area contributed by atoms with Crippen LogP contribution in [0.25, 0.3) is 22.0 Å².